The van der Waals surface area contributed by atoms with E-state index in [9.17, 15) is 0 Å². The Labute approximate surface area is 361 Å². The molecule has 6 nitrogen and oxygen atoms in total. The number of hydrogen-bond acceptors (Lipinski definition) is 4. The van der Waals surface area contributed by atoms with Crippen molar-refractivity contribution in [1.82, 2.24) is 24.1 Å². The minimum atomic E-state index is 0.574. The maximum absolute atomic E-state index is 6.49. The summed E-state index contributed by atoms with van der Waals surface area (Å²) in [7, 11) is 0. The van der Waals surface area contributed by atoms with Crippen LogP contribution in [0.2, 0.25) is 0 Å². The molecule has 13 rings (SSSR count). The van der Waals surface area contributed by atoms with Crippen LogP contribution in [-0.4, -0.2) is 24.1 Å². The monoisotopic (exact) mass is 805 g/mol. The third-order valence-electron chi connectivity index (χ3n) is 12.4. The topological polar surface area (TPSA) is 61.7 Å². The van der Waals surface area contributed by atoms with E-state index in [-0.39, 0.29) is 0 Å². The first-order valence-corrected chi connectivity index (χ1v) is 21.2. The molecule has 4 heterocycles. The van der Waals surface area contributed by atoms with Crippen molar-refractivity contribution < 1.29 is 4.42 Å². The number of benzene rings is 9. The lowest BCUT2D eigenvalue weighted by molar-refractivity contribution is 0.670. The Kier molecular flexibility index (Phi) is 7.80. The molecule has 0 aliphatic rings. The second-order valence-electron chi connectivity index (χ2n) is 16.0. The van der Waals surface area contributed by atoms with Crippen LogP contribution in [0.4, 0.5) is 0 Å². The van der Waals surface area contributed by atoms with Gasteiger partial charge in [0.25, 0.3) is 0 Å². The van der Waals surface area contributed by atoms with Gasteiger partial charge in [-0.05, 0) is 71.3 Å². The smallest absolute Gasteiger partial charge is 0.238 e. The number of para-hydroxylation sites is 4. The van der Waals surface area contributed by atoms with Gasteiger partial charge in [-0.15, -0.1) is 0 Å². The van der Waals surface area contributed by atoms with Crippen molar-refractivity contribution in [2.24, 2.45) is 0 Å². The van der Waals surface area contributed by atoms with E-state index in [1.54, 1.807) is 0 Å². The summed E-state index contributed by atoms with van der Waals surface area (Å²) >= 11 is 0. The highest BCUT2D eigenvalue weighted by molar-refractivity contribution is 6.12. The molecule has 0 aliphatic carbocycles. The number of hydrogen-bond donors (Lipinski definition) is 0. The summed E-state index contributed by atoms with van der Waals surface area (Å²) in [5.41, 5.74) is 13.4. The van der Waals surface area contributed by atoms with E-state index in [0.717, 1.165) is 99.2 Å². The Hall–Kier alpha value is -8.61. The fourth-order valence-electron chi connectivity index (χ4n) is 9.46. The van der Waals surface area contributed by atoms with Crippen molar-refractivity contribution in [3.8, 4) is 56.7 Å². The van der Waals surface area contributed by atoms with Crippen LogP contribution in [0.25, 0.3) is 122 Å². The average molecular weight is 806 g/mol. The molecular formula is C57H35N5O. The summed E-state index contributed by atoms with van der Waals surface area (Å²) in [5.74, 6) is 1.79. The van der Waals surface area contributed by atoms with Gasteiger partial charge in [-0.2, -0.15) is 9.97 Å². The molecule has 0 unspecified atom stereocenters. The standard InChI is InChI=1S/C57H35N5O/c1-3-15-37(16-4-1)47-33-40(34-48-46-22-10-14-26-53(46)63-54(47)48)36-27-30-41(31-28-36)61-49-23-11-7-21-44(49)45-32-29-39(35-52(45)61)56-58-55(38-17-5-2-6-18-38)59-57(60-56)62-50-24-12-8-19-42(50)43-20-9-13-25-51(43)62/h1-35H. The fourth-order valence-corrected chi connectivity index (χ4v) is 9.46. The van der Waals surface area contributed by atoms with Gasteiger partial charge >= 0.3 is 0 Å². The second-order valence-corrected chi connectivity index (χ2v) is 16.0. The summed E-state index contributed by atoms with van der Waals surface area (Å²) in [6.45, 7) is 0. The van der Waals surface area contributed by atoms with E-state index < -0.39 is 0 Å². The lowest BCUT2D eigenvalue weighted by atomic mass is 9.95. The van der Waals surface area contributed by atoms with Gasteiger partial charge in [0, 0.05) is 54.7 Å². The maximum atomic E-state index is 6.49. The Morgan fingerprint density at radius 3 is 1.51 bits per heavy atom. The Balaban J connectivity index is 0.978. The summed E-state index contributed by atoms with van der Waals surface area (Å²) < 4.78 is 11.0. The summed E-state index contributed by atoms with van der Waals surface area (Å²) in [5, 5.41) is 6.86. The first-order valence-electron chi connectivity index (χ1n) is 21.2. The molecule has 13 aromatic rings. The molecule has 0 amide bonds. The maximum Gasteiger partial charge on any atom is 0.238 e. The van der Waals surface area contributed by atoms with Crippen molar-refractivity contribution in [3.05, 3.63) is 212 Å². The molecule has 294 valence electrons. The van der Waals surface area contributed by atoms with Crippen LogP contribution in [0.1, 0.15) is 0 Å². The molecular weight excluding hydrogens is 771 g/mol. The largest absolute Gasteiger partial charge is 0.455 e. The quantitative estimate of drug-likeness (QED) is 0.168. The number of nitrogens with zero attached hydrogens (tertiary/aromatic N) is 5. The van der Waals surface area contributed by atoms with Crippen LogP contribution in [0.5, 0.6) is 0 Å². The van der Waals surface area contributed by atoms with Crippen molar-refractivity contribution in [2.75, 3.05) is 0 Å². The normalized spacial score (nSPS) is 11.8. The van der Waals surface area contributed by atoms with Crippen LogP contribution < -0.4 is 0 Å². The number of furan rings is 1. The van der Waals surface area contributed by atoms with E-state index in [0.29, 0.717) is 17.6 Å². The molecule has 9 aromatic carbocycles. The highest BCUT2D eigenvalue weighted by Gasteiger charge is 2.20. The summed E-state index contributed by atoms with van der Waals surface area (Å²) in [6, 6.07) is 74.5. The zero-order chi connectivity index (χ0) is 41.4. The van der Waals surface area contributed by atoms with Gasteiger partial charge in [0.05, 0.1) is 22.1 Å². The lowest BCUT2D eigenvalue weighted by Crippen LogP contribution is -2.06. The molecule has 63 heavy (non-hydrogen) atoms. The van der Waals surface area contributed by atoms with Gasteiger partial charge in [-0.3, -0.25) is 4.57 Å². The highest BCUT2D eigenvalue weighted by Crippen LogP contribution is 2.41. The van der Waals surface area contributed by atoms with E-state index in [1.807, 2.05) is 30.3 Å². The van der Waals surface area contributed by atoms with Gasteiger partial charge in [-0.1, -0.05) is 158 Å². The number of fused-ring (bicyclic) bond motifs is 9. The van der Waals surface area contributed by atoms with Crippen molar-refractivity contribution >= 4 is 65.6 Å². The van der Waals surface area contributed by atoms with Crippen molar-refractivity contribution in [2.45, 2.75) is 0 Å². The molecule has 0 atom stereocenters. The molecule has 0 aliphatic heterocycles. The van der Waals surface area contributed by atoms with Crippen LogP contribution >= 0.6 is 0 Å². The average Bonchev–Trinajstić information content (AvgIpc) is 4.02. The van der Waals surface area contributed by atoms with Crippen LogP contribution in [0, 0.1) is 0 Å². The summed E-state index contributed by atoms with van der Waals surface area (Å²) in [4.78, 5) is 15.6. The van der Waals surface area contributed by atoms with Gasteiger partial charge in [0.15, 0.2) is 11.6 Å². The molecule has 0 bridgehead atoms. The van der Waals surface area contributed by atoms with Crippen LogP contribution in [-0.2, 0) is 0 Å². The minimum Gasteiger partial charge on any atom is -0.455 e. The minimum absolute atomic E-state index is 0.574. The predicted molar refractivity (Wildman–Crippen MR) is 258 cm³/mol. The Morgan fingerprint density at radius 1 is 0.317 bits per heavy atom. The molecule has 4 aromatic heterocycles. The molecule has 0 N–H and O–H groups in total. The van der Waals surface area contributed by atoms with Crippen molar-refractivity contribution in [1.29, 1.82) is 0 Å². The third kappa shape index (κ3) is 5.62. The Morgan fingerprint density at radius 2 is 0.841 bits per heavy atom. The predicted octanol–water partition coefficient (Wildman–Crippen LogP) is 14.6. The summed E-state index contributed by atoms with van der Waals surface area (Å²) in [6.07, 6.45) is 0. The van der Waals surface area contributed by atoms with Gasteiger partial charge in [-0.25, -0.2) is 4.98 Å². The van der Waals surface area contributed by atoms with Gasteiger partial charge in [0.2, 0.25) is 5.95 Å². The van der Waals surface area contributed by atoms with Crippen LogP contribution in [0.15, 0.2) is 217 Å². The molecule has 0 spiro atoms. The lowest BCUT2D eigenvalue weighted by Gasteiger charge is -2.12. The first-order chi connectivity index (χ1) is 31.2. The molecule has 0 fully saturated rings. The van der Waals surface area contributed by atoms with Gasteiger partial charge < -0.3 is 8.98 Å². The van der Waals surface area contributed by atoms with Crippen LogP contribution in [0.3, 0.4) is 0 Å². The third-order valence-corrected chi connectivity index (χ3v) is 12.4. The second kappa shape index (κ2) is 14.0. The molecule has 0 saturated carbocycles. The SMILES string of the molecule is c1ccc(-c2nc(-c3ccc4c5ccccc5n(-c5ccc(-c6cc(-c7ccccc7)c7oc8ccccc8c7c6)cc5)c4c3)nc(-n3c4ccccc4c4ccccc43)n2)cc1. The van der Waals surface area contributed by atoms with E-state index >= 15 is 0 Å². The molecule has 0 saturated heterocycles. The molecule has 0 radical (unpaired) electrons. The zero-order valence-electron chi connectivity index (χ0n) is 33.9. The Bertz CT molecular complexity index is 3850. The first kappa shape index (κ1) is 35.2. The van der Waals surface area contributed by atoms with E-state index in [1.165, 1.54) is 5.39 Å². The fraction of sp³-hybridized carbons (Fsp3) is 0. The van der Waals surface area contributed by atoms with Gasteiger partial charge in [0.1, 0.15) is 11.2 Å². The van der Waals surface area contributed by atoms with E-state index in [2.05, 4.69) is 191 Å². The van der Waals surface area contributed by atoms with E-state index in [4.69, 9.17) is 19.4 Å². The highest BCUT2D eigenvalue weighted by atomic mass is 16.3. The van der Waals surface area contributed by atoms with Crippen molar-refractivity contribution in [3.63, 3.8) is 0 Å². The molecule has 6 heteroatoms. The number of rotatable bonds is 6. The number of aromatic nitrogens is 5. The zero-order valence-corrected chi connectivity index (χ0v) is 33.9.